The van der Waals surface area contributed by atoms with E-state index in [0.717, 1.165) is 5.75 Å². The van der Waals surface area contributed by atoms with Crippen molar-refractivity contribution in [2.24, 2.45) is 0 Å². The third-order valence-corrected chi connectivity index (χ3v) is 5.17. The molecule has 35 heavy (non-hydrogen) atoms. The summed E-state index contributed by atoms with van der Waals surface area (Å²) in [6.45, 7) is 2.48. The summed E-state index contributed by atoms with van der Waals surface area (Å²) in [7, 11) is 4.59. The van der Waals surface area contributed by atoms with Gasteiger partial charge in [-0.2, -0.15) is 4.98 Å². The lowest BCUT2D eigenvalue weighted by Crippen LogP contribution is -2.13. The molecule has 9 nitrogen and oxygen atoms in total. The number of methoxy groups -OCH3 is 3. The zero-order valence-electron chi connectivity index (χ0n) is 19.8. The summed E-state index contributed by atoms with van der Waals surface area (Å²) in [6, 6.07) is 17.6. The van der Waals surface area contributed by atoms with Gasteiger partial charge in [0.1, 0.15) is 5.75 Å². The molecule has 0 bridgehead atoms. The molecule has 9 heteroatoms. The van der Waals surface area contributed by atoms with E-state index in [1.165, 1.54) is 21.3 Å². The van der Waals surface area contributed by atoms with E-state index in [1.807, 2.05) is 6.92 Å². The minimum Gasteiger partial charge on any atom is -0.494 e. The molecule has 0 aliphatic heterocycles. The second kappa shape index (κ2) is 10.6. The van der Waals surface area contributed by atoms with Gasteiger partial charge in [0, 0.05) is 11.3 Å². The van der Waals surface area contributed by atoms with E-state index >= 15 is 0 Å². The van der Waals surface area contributed by atoms with E-state index in [1.54, 1.807) is 60.7 Å². The van der Waals surface area contributed by atoms with Crippen LogP contribution in [0.4, 0.5) is 5.69 Å². The van der Waals surface area contributed by atoms with Crippen molar-refractivity contribution in [3.63, 3.8) is 0 Å². The van der Waals surface area contributed by atoms with Crippen LogP contribution in [0.5, 0.6) is 23.0 Å². The Morgan fingerprint density at radius 3 is 2.26 bits per heavy atom. The maximum atomic E-state index is 13.1. The van der Waals surface area contributed by atoms with Gasteiger partial charge in [0.15, 0.2) is 11.5 Å². The summed E-state index contributed by atoms with van der Waals surface area (Å²) >= 11 is 0. The summed E-state index contributed by atoms with van der Waals surface area (Å²) in [5.41, 5.74) is 2.13. The summed E-state index contributed by atoms with van der Waals surface area (Å²) in [4.78, 5) is 17.6. The molecule has 1 heterocycles. The maximum absolute atomic E-state index is 13.1. The van der Waals surface area contributed by atoms with Crippen LogP contribution in [-0.4, -0.2) is 44.0 Å². The van der Waals surface area contributed by atoms with Gasteiger partial charge in [0.25, 0.3) is 11.8 Å². The fourth-order valence-electron chi connectivity index (χ4n) is 3.53. The number of rotatable bonds is 9. The Balaban J connectivity index is 1.63. The highest BCUT2D eigenvalue weighted by Crippen LogP contribution is 2.41. The van der Waals surface area contributed by atoms with Crippen LogP contribution in [0.2, 0.25) is 0 Å². The van der Waals surface area contributed by atoms with Crippen molar-refractivity contribution in [3.8, 4) is 45.8 Å². The minimum atomic E-state index is -0.308. The largest absolute Gasteiger partial charge is 0.494 e. The average molecular weight is 476 g/mol. The first-order valence-electron chi connectivity index (χ1n) is 10.9. The number of hydrogen-bond donors (Lipinski definition) is 1. The monoisotopic (exact) mass is 475 g/mol. The number of nitrogens with zero attached hydrogens (tertiary/aromatic N) is 2. The van der Waals surface area contributed by atoms with Crippen LogP contribution in [0.15, 0.2) is 65.2 Å². The Morgan fingerprint density at radius 2 is 1.63 bits per heavy atom. The first-order valence-corrected chi connectivity index (χ1v) is 10.9. The van der Waals surface area contributed by atoms with E-state index in [2.05, 4.69) is 15.5 Å². The lowest BCUT2D eigenvalue weighted by molar-refractivity contribution is 0.102. The highest BCUT2D eigenvalue weighted by molar-refractivity contribution is 6.08. The molecule has 1 amide bonds. The molecule has 4 aromatic rings. The van der Waals surface area contributed by atoms with Crippen molar-refractivity contribution in [2.45, 2.75) is 6.92 Å². The molecular weight excluding hydrogens is 450 g/mol. The van der Waals surface area contributed by atoms with Gasteiger partial charge in [-0.3, -0.25) is 4.79 Å². The van der Waals surface area contributed by atoms with Crippen LogP contribution in [0.3, 0.4) is 0 Å². The van der Waals surface area contributed by atoms with E-state index in [-0.39, 0.29) is 11.8 Å². The number of aromatic nitrogens is 2. The summed E-state index contributed by atoms with van der Waals surface area (Å²) < 4.78 is 27.2. The normalized spacial score (nSPS) is 10.5. The predicted molar refractivity (Wildman–Crippen MR) is 130 cm³/mol. The number of hydrogen-bond acceptors (Lipinski definition) is 8. The highest BCUT2D eigenvalue weighted by atomic mass is 16.5. The fraction of sp³-hybridized carbons (Fsp3) is 0.192. The lowest BCUT2D eigenvalue weighted by atomic mass is 10.1. The van der Waals surface area contributed by atoms with Crippen molar-refractivity contribution in [2.75, 3.05) is 33.3 Å². The highest BCUT2D eigenvalue weighted by Gasteiger charge is 2.21. The third kappa shape index (κ3) is 5.03. The molecule has 3 aromatic carbocycles. The lowest BCUT2D eigenvalue weighted by Gasteiger charge is -2.12. The second-order valence-electron chi connectivity index (χ2n) is 7.29. The Morgan fingerprint density at radius 1 is 0.943 bits per heavy atom. The number of carbonyl (C=O) groups excluding carboxylic acids is 1. The van der Waals surface area contributed by atoms with Crippen molar-refractivity contribution in [3.05, 3.63) is 66.2 Å². The molecule has 0 fully saturated rings. The molecule has 4 rings (SSSR count). The number of amides is 1. The molecule has 0 aliphatic rings. The van der Waals surface area contributed by atoms with Gasteiger partial charge in [-0.05, 0) is 55.5 Å². The standard InChI is InChI=1S/C26H25N3O6/c1-5-34-18-12-10-17(11-13-18)27-25(30)19-8-6-7-9-20(19)26-28-24(29-35-26)16-14-21(31-2)23(33-4)22(15-16)32-3/h6-15H,5H2,1-4H3,(H,27,30). The Hall–Kier alpha value is -4.53. The number of ether oxygens (including phenoxy) is 4. The zero-order valence-corrected chi connectivity index (χ0v) is 19.8. The van der Waals surface area contributed by atoms with Gasteiger partial charge in [-0.15, -0.1) is 0 Å². The summed E-state index contributed by atoms with van der Waals surface area (Å²) in [5.74, 6) is 2.31. The molecular formula is C26H25N3O6. The summed E-state index contributed by atoms with van der Waals surface area (Å²) in [6.07, 6.45) is 0. The Bertz CT molecular complexity index is 1290. The van der Waals surface area contributed by atoms with Gasteiger partial charge < -0.3 is 28.8 Å². The van der Waals surface area contributed by atoms with Crippen molar-refractivity contribution in [1.82, 2.24) is 10.1 Å². The molecule has 0 saturated heterocycles. The molecule has 1 N–H and O–H groups in total. The number of anilines is 1. The minimum absolute atomic E-state index is 0.200. The molecule has 0 saturated carbocycles. The van der Waals surface area contributed by atoms with E-state index in [9.17, 15) is 4.79 Å². The van der Waals surface area contributed by atoms with Gasteiger partial charge in [0.05, 0.1) is 39.1 Å². The SMILES string of the molecule is CCOc1ccc(NC(=O)c2ccccc2-c2nc(-c3cc(OC)c(OC)c(OC)c3)no2)cc1. The first-order chi connectivity index (χ1) is 17.1. The Labute approximate surface area is 202 Å². The molecule has 0 unspecified atom stereocenters. The summed E-state index contributed by atoms with van der Waals surface area (Å²) in [5, 5.41) is 6.98. The second-order valence-corrected chi connectivity index (χ2v) is 7.29. The van der Waals surface area contributed by atoms with Crippen LogP contribution in [0, 0.1) is 0 Å². The molecule has 0 atom stereocenters. The Kier molecular flexibility index (Phi) is 7.15. The van der Waals surface area contributed by atoms with Crippen molar-refractivity contribution < 1.29 is 28.3 Å². The number of nitrogens with one attached hydrogen (secondary N) is 1. The van der Waals surface area contributed by atoms with Gasteiger partial charge in [-0.1, -0.05) is 17.3 Å². The smallest absolute Gasteiger partial charge is 0.259 e. The molecule has 0 aliphatic carbocycles. The van der Waals surface area contributed by atoms with Crippen molar-refractivity contribution >= 4 is 11.6 Å². The third-order valence-electron chi connectivity index (χ3n) is 5.17. The van der Waals surface area contributed by atoms with Crippen LogP contribution in [0.1, 0.15) is 17.3 Å². The maximum Gasteiger partial charge on any atom is 0.259 e. The molecule has 0 spiro atoms. The molecule has 0 radical (unpaired) electrons. The van der Waals surface area contributed by atoms with Crippen LogP contribution < -0.4 is 24.3 Å². The number of carbonyl (C=O) groups is 1. The topological polar surface area (TPSA) is 105 Å². The molecule has 180 valence electrons. The first kappa shape index (κ1) is 23.6. The fourth-order valence-corrected chi connectivity index (χ4v) is 3.53. The van der Waals surface area contributed by atoms with E-state index in [0.29, 0.717) is 52.1 Å². The van der Waals surface area contributed by atoms with Gasteiger partial charge in [0.2, 0.25) is 11.6 Å². The van der Waals surface area contributed by atoms with Crippen LogP contribution in [0.25, 0.3) is 22.8 Å². The van der Waals surface area contributed by atoms with E-state index < -0.39 is 0 Å². The van der Waals surface area contributed by atoms with Gasteiger partial charge >= 0.3 is 0 Å². The van der Waals surface area contributed by atoms with Crippen LogP contribution in [-0.2, 0) is 0 Å². The van der Waals surface area contributed by atoms with Crippen LogP contribution >= 0.6 is 0 Å². The average Bonchev–Trinajstić information content (AvgIpc) is 3.39. The number of benzene rings is 3. The predicted octanol–water partition coefficient (Wildman–Crippen LogP) is 5.08. The zero-order chi connectivity index (χ0) is 24.8. The molecule has 1 aromatic heterocycles. The van der Waals surface area contributed by atoms with Crippen molar-refractivity contribution in [1.29, 1.82) is 0 Å². The van der Waals surface area contributed by atoms with E-state index in [4.69, 9.17) is 23.5 Å². The quantitative estimate of drug-likeness (QED) is 0.357. The van der Waals surface area contributed by atoms with Gasteiger partial charge in [-0.25, -0.2) is 0 Å².